The number of allylic oxidation sites excluding steroid dienone is 14. The molecular formula is C56H86O2. The van der Waals surface area contributed by atoms with E-state index >= 15 is 0 Å². The molecule has 0 fully saturated rings. The van der Waals surface area contributed by atoms with Crippen LogP contribution < -0.4 is 0 Å². The van der Waals surface area contributed by atoms with Gasteiger partial charge in [0.15, 0.2) is 11.6 Å². The summed E-state index contributed by atoms with van der Waals surface area (Å²) >= 11 is 0. The summed E-state index contributed by atoms with van der Waals surface area (Å²) in [5, 5.41) is 0. The topological polar surface area (TPSA) is 34.1 Å². The largest absolute Gasteiger partial charge is 0.289 e. The van der Waals surface area contributed by atoms with Crippen molar-refractivity contribution < 1.29 is 9.59 Å². The highest BCUT2D eigenvalue weighted by Gasteiger charge is 2.28. The minimum atomic E-state index is -0.00820. The van der Waals surface area contributed by atoms with Gasteiger partial charge in [0.2, 0.25) is 0 Å². The van der Waals surface area contributed by atoms with E-state index in [1.165, 1.54) is 125 Å². The molecule has 0 aromatic heterocycles. The first-order valence-electron chi connectivity index (χ1n) is 23.5. The maximum absolute atomic E-state index is 13.1. The quantitative estimate of drug-likeness (QED) is 0.0758. The fourth-order valence-corrected chi connectivity index (χ4v) is 8.20. The van der Waals surface area contributed by atoms with Crippen LogP contribution >= 0.6 is 0 Å². The highest BCUT2D eigenvalue weighted by molar-refractivity contribution is 6.26. The summed E-state index contributed by atoms with van der Waals surface area (Å²) in [6.07, 6.45) is 38.4. The fourth-order valence-electron chi connectivity index (χ4n) is 8.20. The van der Waals surface area contributed by atoms with Crippen LogP contribution in [0.2, 0.25) is 0 Å². The van der Waals surface area contributed by atoms with E-state index in [1.54, 1.807) is 30.2 Å². The first-order chi connectivity index (χ1) is 27.7. The van der Waals surface area contributed by atoms with Crippen LogP contribution in [0.3, 0.4) is 0 Å². The van der Waals surface area contributed by atoms with Gasteiger partial charge in [-0.1, -0.05) is 147 Å². The van der Waals surface area contributed by atoms with Crippen LogP contribution in [0.25, 0.3) is 0 Å². The number of carbonyl (C=O) groups excluding carboxylic acids is 2. The average molecular weight is 791 g/mol. The molecule has 58 heavy (non-hydrogen) atoms. The Hall–Kier alpha value is -3.26. The zero-order valence-corrected chi connectivity index (χ0v) is 39.5. The Morgan fingerprint density at radius 1 is 0.466 bits per heavy atom. The zero-order chi connectivity index (χ0) is 42.9. The molecule has 0 saturated heterocycles. The third kappa shape index (κ3) is 21.7. The van der Waals surface area contributed by atoms with Gasteiger partial charge in [-0.05, 0) is 169 Å². The van der Waals surface area contributed by atoms with E-state index in [4.69, 9.17) is 0 Å². The second kappa shape index (κ2) is 29.0. The molecule has 1 aromatic carbocycles. The zero-order valence-electron chi connectivity index (χ0n) is 39.5. The predicted octanol–water partition coefficient (Wildman–Crippen LogP) is 17.8. The molecule has 0 N–H and O–H groups in total. The SMILES string of the molecule is CC(C)=CCC[C@@H](C)CCCC(C)=CCCC(C)=CCCC(C)=CCCC(C)=CCC[C@@H](C)CCC[C@@H](C)CCCC(C)=CCC1=C(C)C(=O)c2ccccc2C1=O. The molecule has 0 saturated carbocycles. The summed E-state index contributed by atoms with van der Waals surface area (Å²) in [7, 11) is 0. The van der Waals surface area contributed by atoms with Crippen molar-refractivity contribution in [1.29, 1.82) is 0 Å². The number of carbonyl (C=O) groups is 2. The Morgan fingerprint density at radius 2 is 0.845 bits per heavy atom. The molecule has 0 amide bonds. The van der Waals surface area contributed by atoms with E-state index in [2.05, 4.69) is 106 Å². The predicted molar refractivity (Wildman–Crippen MR) is 256 cm³/mol. The van der Waals surface area contributed by atoms with Gasteiger partial charge in [-0.2, -0.15) is 0 Å². The van der Waals surface area contributed by atoms with Gasteiger partial charge in [0.05, 0.1) is 0 Å². The molecule has 2 nitrogen and oxygen atoms in total. The maximum atomic E-state index is 13.1. The van der Waals surface area contributed by atoms with E-state index in [-0.39, 0.29) is 11.6 Å². The number of hydrogen-bond donors (Lipinski definition) is 0. The Morgan fingerprint density at radius 3 is 1.33 bits per heavy atom. The first-order valence-corrected chi connectivity index (χ1v) is 23.5. The Balaban J connectivity index is 1.53. The lowest BCUT2D eigenvalue weighted by Gasteiger charge is -2.18. The number of ketones is 2. The monoisotopic (exact) mass is 791 g/mol. The first kappa shape index (κ1) is 50.9. The van der Waals surface area contributed by atoms with Crippen molar-refractivity contribution in [2.45, 2.75) is 205 Å². The number of rotatable bonds is 29. The maximum Gasteiger partial charge on any atom is 0.190 e. The fraction of sp³-hybridized carbons (Fsp3) is 0.607. The molecule has 0 unspecified atom stereocenters. The molecule has 0 spiro atoms. The van der Waals surface area contributed by atoms with Gasteiger partial charge in [0, 0.05) is 22.3 Å². The van der Waals surface area contributed by atoms with Crippen molar-refractivity contribution in [2.24, 2.45) is 17.8 Å². The minimum absolute atomic E-state index is 0.00820. The lowest BCUT2D eigenvalue weighted by Crippen LogP contribution is -2.20. The van der Waals surface area contributed by atoms with Crippen molar-refractivity contribution in [3.8, 4) is 0 Å². The van der Waals surface area contributed by atoms with Gasteiger partial charge < -0.3 is 0 Å². The van der Waals surface area contributed by atoms with Gasteiger partial charge in [-0.15, -0.1) is 0 Å². The van der Waals surface area contributed by atoms with Crippen LogP contribution in [0.5, 0.6) is 0 Å². The minimum Gasteiger partial charge on any atom is -0.289 e. The average Bonchev–Trinajstić information content (AvgIpc) is 3.17. The normalized spacial score (nSPS) is 16.2. The van der Waals surface area contributed by atoms with Gasteiger partial charge >= 0.3 is 0 Å². The van der Waals surface area contributed by atoms with Crippen molar-refractivity contribution in [3.05, 3.63) is 116 Å². The van der Waals surface area contributed by atoms with Crippen molar-refractivity contribution >= 4 is 11.6 Å². The van der Waals surface area contributed by atoms with Crippen LogP contribution in [0.15, 0.2) is 105 Å². The van der Waals surface area contributed by atoms with Gasteiger partial charge in [-0.25, -0.2) is 0 Å². The van der Waals surface area contributed by atoms with E-state index in [9.17, 15) is 9.59 Å². The molecule has 1 aliphatic rings. The summed E-state index contributed by atoms with van der Waals surface area (Å²) in [5.74, 6) is 2.35. The molecule has 2 heteroatoms. The van der Waals surface area contributed by atoms with Crippen molar-refractivity contribution in [2.75, 3.05) is 0 Å². The van der Waals surface area contributed by atoms with Crippen molar-refractivity contribution in [3.63, 3.8) is 0 Å². The highest BCUT2D eigenvalue weighted by Crippen LogP contribution is 2.29. The molecule has 0 heterocycles. The van der Waals surface area contributed by atoms with Gasteiger partial charge in [-0.3, -0.25) is 9.59 Å². The standard InChI is InChI=1S/C56H86O2/c1-42(2)22-14-23-43(3)24-15-25-44(4)26-16-27-45(5)28-17-29-46(6)30-18-31-47(7)32-19-33-48(8)34-20-35-49(9)36-21-37-50(10)40-41-52-51(11)55(57)53-38-12-13-39-54(53)56(52)58/h12-13,22,26,28,30,32,38-40,43,48-49H,14-21,23-25,27,29,31,33-37,41H2,1-11H3/t43-,48-,49-/m1/s1. The second-order valence-corrected chi connectivity index (χ2v) is 18.8. The second-order valence-electron chi connectivity index (χ2n) is 18.8. The lowest BCUT2D eigenvalue weighted by atomic mass is 9.83. The van der Waals surface area contributed by atoms with Crippen LogP contribution in [-0.2, 0) is 0 Å². The summed E-state index contributed by atoms with van der Waals surface area (Å²) in [5.41, 5.74) is 11.3. The van der Waals surface area contributed by atoms with Crippen LogP contribution in [0, 0.1) is 17.8 Å². The van der Waals surface area contributed by atoms with E-state index < -0.39 is 0 Å². The van der Waals surface area contributed by atoms with Gasteiger partial charge in [0.25, 0.3) is 0 Å². The Kier molecular flexibility index (Phi) is 25.5. The van der Waals surface area contributed by atoms with Crippen LogP contribution in [0.4, 0.5) is 0 Å². The number of hydrogen-bond acceptors (Lipinski definition) is 2. The summed E-state index contributed by atoms with van der Waals surface area (Å²) < 4.78 is 0. The lowest BCUT2D eigenvalue weighted by molar-refractivity contribution is 0.0973. The molecule has 0 radical (unpaired) electrons. The number of Topliss-reactive ketones (excluding diaryl/α,β-unsaturated/α-hetero) is 2. The molecule has 0 aliphatic heterocycles. The van der Waals surface area contributed by atoms with E-state index in [1.807, 2.05) is 12.1 Å². The molecule has 322 valence electrons. The number of benzene rings is 1. The molecule has 0 bridgehead atoms. The van der Waals surface area contributed by atoms with Crippen molar-refractivity contribution in [1.82, 2.24) is 0 Å². The molecule has 2 rings (SSSR count). The van der Waals surface area contributed by atoms with E-state index in [0.717, 1.165) is 37.0 Å². The third-order valence-electron chi connectivity index (χ3n) is 12.5. The highest BCUT2D eigenvalue weighted by atomic mass is 16.1. The van der Waals surface area contributed by atoms with Gasteiger partial charge in [0.1, 0.15) is 0 Å². The molecule has 1 aromatic rings. The smallest absolute Gasteiger partial charge is 0.190 e. The van der Waals surface area contributed by atoms with Crippen LogP contribution in [-0.4, -0.2) is 11.6 Å². The molecular weight excluding hydrogens is 705 g/mol. The summed E-state index contributed by atoms with van der Waals surface area (Å²) in [6, 6.07) is 7.21. The molecule has 3 atom stereocenters. The van der Waals surface area contributed by atoms with Crippen LogP contribution in [0.1, 0.15) is 225 Å². The summed E-state index contributed by atoms with van der Waals surface area (Å²) in [4.78, 5) is 25.8. The number of fused-ring (bicyclic) bond motifs is 1. The summed E-state index contributed by atoms with van der Waals surface area (Å²) in [6.45, 7) is 24.9. The van der Waals surface area contributed by atoms with E-state index in [0.29, 0.717) is 28.7 Å². The Bertz CT molecular complexity index is 1630. The Labute approximate surface area is 358 Å². The third-order valence-corrected chi connectivity index (χ3v) is 12.5. The molecule has 1 aliphatic carbocycles.